The van der Waals surface area contributed by atoms with Gasteiger partial charge in [-0.1, -0.05) is 48.0 Å². The molecule has 3 amide bonds. The Bertz CT molecular complexity index is 1440. The van der Waals surface area contributed by atoms with Crippen molar-refractivity contribution in [1.82, 2.24) is 15.5 Å². The summed E-state index contributed by atoms with van der Waals surface area (Å²) in [5.74, 6) is 0.434. The van der Waals surface area contributed by atoms with Gasteiger partial charge in [0.25, 0.3) is 5.91 Å². The number of fused-ring (bicyclic) bond motifs is 1. The fourth-order valence-electron chi connectivity index (χ4n) is 4.64. The van der Waals surface area contributed by atoms with Gasteiger partial charge < -0.3 is 20.7 Å². The summed E-state index contributed by atoms with van der Waals surface area (Å²) in [6.45, 7) is 2.32. The number of nitrogens with one attached hydrogen (secondary N) is 2. The molecular formula is C28H26ClN5O3. The Morgan fingerprint density at radius 2 is 2.03 bits per heavy atom. The average molecular weight is 516 g/mol. The number of nitrogens with zero attached hydrogens (tertiary/aromatic N) is 2. The molecule has 0 saturated heterocycles. The first-order valence-corrected chi connectivity index (χ1v) is 12.2. The summed E-state index contributed by atoms with van der Waals surface area (Å²) in [6.07, 6.45) is 3.97. The molecule has 2 atom stereocenters. The number of hydrogen-bond acceptors (Lipinski definition) is 4. The molecule has 1 aromatic heterocycles. The van der Waals surface area contributed by atoms with E-state index >= 15 is 0 Å². The predicted octanol–water partition coefficient (Wildman–Crippen LogP) is 5.00. The van der Waals surface area contributed by atoms with Crippen LogP contribution in [0.3, 0.4) is 0 Å². The second kappa shape index (κ2) is 10.4. The van der Waals surface area contributed by atoms with Crippen LogP contribution >= 0.6 is 11.6 Å². The molecule has 0 bridgehead atoms. The second-order valence-electron chi connectivity index (χ2n) is 8.97. The molecule has 5 rings (SSSR count). The Balaban J connectivity index is 1.37. The number of benzene rings is 3. The van der Waals surface area contributed by atoms with E-state index < -0.39 is 12.1 Å². The van der Waals surface area contributed by atoms with Crippen molar-refractivity contribution in [2.24, 2.45) is 5.73 Å². The van der Waals surface area contributed by atoms with Crippen LogP contribution < -0.4 is 20.7 Å². The summed E-state index contributed by atoms with van der Waals surface area (Å²) in [5, 5.41) is 9.94. The highest BCUT2D eigenvalue weighted by Gasteiger charge is 2.36. The number of carbonyl (C=O) groups excluding carboxylic acids is 2. The van der Waals surface area contributed by atoms with E-state index in [0.29, 0.717) is 23.8 Å². The lowest BCUT2D eigenvalue weighted by molar-refractivity contribution is -0.121. The smallest absolute Gasteiger partial charge is 0.312 e. The first kappa shape index (κ1) is 24.4. The summed E-state index contributed by atoms with van der Waals surface area (Å²) in [5.41, 5.74) is 10.9. The van der Waals surface area contributed by atoms with E-state index in [1.807, 2.05) is 61.7 Å². The summed E-state index contributed by atoms with van der Waals surface area (Å²) in [4.78, 5) is 26.7. The highest BCUT2D eigenvalue weighted by molar-refractivity contribution is 6.31. The third kappa shape index (κ3) is 5.29. The number of nitrogens with two attached hydrogens (primary N) is 1. The third-order valence-corrected chi connectivity index (χ3v) is 6.71. The maximum Gasteiger partial charge on any atom is 0.312 e. The van der Waals surface area contributed by atoms with E-state index in [4.69, 9.17) is 22.1 Å². The van der Waals surface area contributed by atoms with Crippen LogP contribution in [0.1, 0.15) is 29.7 Å². The van der Waals surface area contributed by atoms with Crippen LogP contribution in [0.5, 0.6) is 5.75 Å². The summed E-state index contributed by atoms with van der Waals surface area (Å²) >= 11 is 6.28. The average Bonchev–Trinajstić information content (AvgIpc) is 3.43. The number of carbonyl (C=O) groups is 2. The summed E-state index contributed by atoms with van der Waals surface area (Å²) < 4.78 is 6.11. The molecule has 4 aromatic rings. The van der Waals surface area contributed by atoms with Gasteiger partial charge in [0.1, 0.15) is 18.4 Å². The van der Waals surface area contributed by atoms with Crippen LogP contribution in [0.4, 0.5) is 10.5 Å². The zero-order valence-electron chi connectivity index (χ0n) is 20.1. The lowest BCUT2D eigenvalue weighted by Gasteiger charge is -2.38. The van der Waals surface area contributed by atoms with Gasteiger partial charge in [0.2, 0.25) is 0 Å². The number of aromatic amines is 1. The largest absolute Gasteiger partial charge is 0.489 e. The number of H-pyrrole nitrogens is 1. The molecule has 0 aliphatic carbocycles. The number of aromatic nitrogens is 2. The van der Waals surface area contributed by atoms with Crippen LogP contribution in [-0.4, -0.2) is 28.2 Å². The Kier molecular flexibility index (Phi) is 6.83. The summed E-state index contributed by atoms with van der Waals surface area (Å²) in [6, 6.07) is 19.3. The Hall–Kier alpha value is -4.30. The molecule has 0 saturated carbocycles. The standard InChI is InChI=1S/C28H26ClN5O3/c1-17(34-26-13-23(29)9-8-21(26)12-25(27(34)35)33-28(30)36)19-5-3-7-24(11-19)37-16-18-4-2-6-20(10-18)22-14-31-32-15-22/h2-11,13-15,17,25H,12,16H2,1H3,(H,31,32)(H3,30,33,36)/t17-,25+/m0/s1. The van der Waals surface area contributed by atoms with Gasteiger partial charge in [-0.05, 0) is 59.5 Å². The van der Waals surface area contributed by atoms with Gasteiger partial charge in [-0.2, -0.15) is 5.10 Å². The Morgan fingerprint density at radius 3 is 2.81 bits per heavy atom. The van der Waals surface area contributed by atoms with Gasteiger partial charge in [-0.15, -0.1) is 0 Å². The van der Waals surface area contributed by atoms with Gasteiger partial charge in [0.15, 0.2) is 0 Å². The number of halogens is 1. The van der Waals surface area contributed by atoms with E-state index in [2.05, 4.69) is 21.6 Å². The van der Waals surface area contributed by atoms with E-state index in [0.717, 1.165) is 33.5 Å². The molecule has 188 valence electrons. The minimum absolute atomic E-state index is 0.247. The van der Waals surface area contributed by atoms with Gasteiger partial charge in [-0.25, -0.2) is 4.79 Å². The molecule has 0 unspecified atom stereocenters. The number of primary amides is 1. The fourth-order valence-corrected chi connectivity index (χ4v) is 4.81. The van der Waals surface area contributed by atoms with Crippen molar-refractivity contribution in [2.45, 2.75) is 32.0 Å². The molecule has 8 nitrogen and oxygen atoms in total. The van der Waals surface area contributed by atoms with Crippen molar-refractivity contribution in [2.75, 3.05) is 4.90 Å². The first-order valence-electron chi connectivity index (χ1n) is 11.9. The van der Waals surface area contributed by atoms with Gasteiger partial charge in [-0.3, -0.25) is 9.89 Å². The van der Waals surface area contributed by atoms with Crippen LogP contribution in [0.15, 0.2) is 79.1 Å². The second-order valence-corrected chi connectivity index (χ2v) is 9.41. The van der Waals surface area contributed by atoms with Gasteiger partial charge in [0, 0.05) is 28.9 Å². The molecule has 9 heteroatoms. The molecule has 1 aliphatic heterocycles. The van der Waals surface area contributed by atoms with Crippen molar-refractivity contribution >= 4 is 29.2 Å². The topological polar surface area (TPSA) is 113 Å². The van der Waals surface area contributed by atoms with Crippen LogP contribution in [0, 0.1) is 0 Å². The predicted molar refractivity (Wildman–Crippen MR) is 142 cm³/mol. The number of anilines is 1. The molecule has 1 aliphatic rings. The van der Waals surface area contributed by atoms with Crippen LogP contribution in [0.25, 0.3) is 11.1 Å². The quantitative estimate of drug-likeness (QED) is 0.321. The number of ether oxygens (including phenoxy) is 1. The SMILES string of the molecule is C[C@@H](c1cccc(OCc2cccc(-c3cn[nH]c3)c2)c1)N1C(=O)[C@H](NC(N)=O)Cc2ccc(Cl)cc21. The third-order valence-electron chi connectivity index (χ3n) is 6.47. The zero-order chi connectivity index (χ0) is 25.9. The maximum absolute atomic E-state index is 13.4. The monoisotopic (exact) mass is 515 g/mol. The van der Waals surface area contributed by atoms with E-state index in [1.165, 1.54) is 0 Å². The lowest BCUT2D eigenvalue weighted by atomic mass is 9.94. The van der Waals surface area contributed by atoms with E-state index in [9.17, 15) is 9.59 Å². The molecule has 0 fully saturated rings. The zero-order valence-corrected chi connectivity index (χ0v) is 20.9. The Morgan fingerprint density at radius 1 is 1.19 bits per heavy atom. The van der Waals surface area contributed by atoms with Gasteiger partial charge >= 0.3 is 6.03 Å². The molecular weight excluding hydrogens is 490 g/mol. The van der Waals surface area contributed by atoms with E-state index in [-0.39, 0.29) is 11.9 Å². The number of hydrogen-bond donors (Lipinski definition) is 3. The van der Waals surface area contributed by atoms with Crippen LogP contribution in [0.2, 0.25) is 5.02 Å². The fraction of sp³-hybridized carbons (Fsp3) is 0.179. The Labute approximate surface area is 219 Å². The number of rotatable bonds is 7. The van der Waals surface area contributed by atoms with Crippen molar-refractivity contribution in [1.29, 1.82) is 0 Å². The van der Waals surface area contributed by atoms with Crippen molar-refractivity contribution in [3.8, 4) is 16.9 Å². The molecule has 2 heterocycles. The van der Waals surface area contributed by atoms with Gasteiger partial charge in [0.05, 0.1) is 12.2 Å². The normalized spacial score (nSPS) is 15.7. The van der Waals surface area contributed by atoms with Crippen LogP contribution in [-0.2, 0) is 17.8 Å². The van der Waals surface area contributed by atoms with Crippen molar-refractivity contribution in [3.05, 3.63) is 101 Å². The minimum atomic E-state index is -0.754. The molecule has 0 spiro atoms. The van der Waals surface area contributed by atoms with Crippen molar-refractivity contribution in [3.63, 3.8) is 0 Å². The first-order chi connectivity index (χ1) is 17.9. The highest BCUT2D eigenvalue weighted by Crippen LogP contribution is 2.37. The maximum atomic E-state index is 13.4. The molecule has 3 aromatic carbocycles. The number of urea groups is 1. The minimum Gasteiger partial charge on any atom is -0.489 e. The lowest BCUT2D eigenvalue weighted by Crippen LogP contribution is -2.54. The number of amides is 3. The highest BCUT2D eigenvalue weighted by atomic mass is 35.5. The molecule has 37 heavy (non-hydrogen) atoms. The van der Waals surface area contributed by atoms with Crippen molar-refractivity contribution < 1.29 is 14.3 Å². The molecule has 0 radical (unpaired) electrons. The summed E-state index contributed by atoms with van der Waals surface area (Å²) in [7, 11) is 0. The molecule has 4 N–H and O–H groups in total. The van der Waals surface area contributed by atoms with E-state index in [1.54, 1.807) is 23.2 Å².